The second-order valence-corrected chi connectivity index (χ2v) is 6.43. The lowest BCUT2D eigenvalue weighted by molar-refractivity contribution is -0.0310. The Hall–Kier alpha value is -0.600. The molecule has 0 aromatic heterocycles. The van der Waals surface area contributed by atoms with Crippen LogP contribution in [0.25, 0.3) is 0 Å². The third-order valence-electron chi connectivity index (χ3n) is 3.80. The summed E-state index contributed by atoms with van der Waals surface area (Å²) >= 11 is 5.74. The van der Waals surface area contributed by atoms with E-state index in [1.807, 2.05) is 0 Å². The summed E-state index contributed by atoms with van der Waals surface area (Å²) in [5.74, 6) is 0.671. The Bertz CT molecular complexity index is 423. The third-order valence-corrected chi connectivity index (χ3v) is 4.03. The van der Waals surface area contributed by atoms with Crippen molar-refractivity contribution in [3.8, 4) is 0 Å². The zero-order valence-electron chi connectivity index (χ0n) is 10.9. The molecule has 1 aliphatic rings. The number of hydrogen-bond donors (Lipinski definition) is 1. The molecule has 0 aliphatic heterocycles. The van der Waals surface area contributed by atoms with Crippen LogP contribution in [0.3, 0.4) is 0 Å². The first-order chi connectivity index (χ1) is 8.38. The molecule has 0 heterocycles. The van der Waals surface area contributed by atoms with E-state index in [2.05, 4.69) is 13.8 Å². The Kier molecular flexibility index (Phi) is 3.98. The van der Waals surface area contributed by atoms with Crippen molar-refractivity contribution in [2.45, 2.75) is 45.1 Å². The van der Waals surface area contributed by atoms with Crippen molar-refractivity contribution in [2.24, 2.45) is 11.8 Å². The SMILES string of the molecule is CC1CC(C)CC(O)(Cc2ccc(Cl)cc2F)C1. The molecule has 1 fully saturated rings. The average Bonchev–Trinajstić information content (AvgIpc) is 2.20. The minimum absolute atomic E-state index is 0.318. The van der Waals surface area contributed by atoms with Gasteiger partial charge in [0.1, 0.15) is 5.82 Å². The number of hydrogen-bond acceptors (Lipinski definition) is 1. The van der Waals surface area contributed by atoms with E-state index in [-0.39, 0.29) is 5.82 Å². The highest BCUT2D eigenvalue weighted by molar-refractivity contribution is 6.30. The third kappa shape index (κ3) is 3.24. The Morgan fingerprint density at radius 2 is 1.94 bits per heavy atom. The minimum Gasteiger partial charge on any atom is -0.390 e. The second kappa shape index (κ2) is 5.18. The summed E-state index contributed by atoms with van der Waals surface area (Å²) in [6.45, 7) is 4.30. The molecule has 0 radical (unpaired) electrons. The summed E-state index contributed by atoms with van der Waals surface area (Å²) in [5.41, 5.74) is -0.214. The molecule has 1 aromatic carbocycles. The lowest BCUT2D eigenvalue weighted by Crippen LogP contribution is -2.40. The molecule has 3 heteroatoms. The Balaban J connectivity index is 2.16. The predicted molar refractivity (Wildman–Crippen MR) is 72.2 cm³/mol. The molecular formula is C15H20ClFO. The highest BCUT2D eigenvalue weighted by Gasteiger charge is 2.36. The van der Waals surface area contributed by atoms with Gasteiger partial charge in [-0.15, -0.1) is 0 Å². The lowest BCUT2D eigenvalue weighted by atomic mass is 9.71. The zero-order chi connectivity index (χ0) is 13.3. The quantitative estimate of drug-likeness (QED) is 0.854. The van der Waals surface area contributed by atoms with Crippen molar-refractivity contribution in [2.75, 3.05) is 0 Å². The van der Waals surface area contributed by atoms with E-state index in [0.29, 0.717) is 28.8 Å². The highest BCUT2D eigenvalue weighted by atomic mass is 35.5. The van der Waals surface area contributed by atoms with Crippen molar-refractivity contribution < 1.29 is 9.50 Å². The van der Waals surface area contributed by atoms with E-state index in [1.54, 1.807) is 12.1 Å². The largest absolute Gasteiger partial charge is 0.390 e. The fraction of sp³-hybridized carbons (Fsp3) is 0.600. The van der Waals surface area contributed by atoms with E-state index in [9.17, 15) is 9.50 Å². The maximum absolute atomic E-state index is 13.8. The van der Waals surface area contributed by atoms with Crippen LogP contribution in [0.1, 0.15) is 38.7 Å². The monoisotopic (exact) mass is 270 g/mol. The Morgan fingerprint density at radius 3 is 2.50 bits per heavy atom. The molecule has 1 N–H and O–H groups in total. The van der Waals surface area contributed by atoms with Crippen molar-refractivity contribution in [3.05, 3.63) is 34.6 Å². The van der Waals surface area contributed by atoms with Gasteiger partial charge in [-0.1, -0.05) is 31.5 Å². The van der Waals surface area contributed by atoms with E-state index in [1.165, 1.54) is 6.07 Å². The number of aliphatic hydroxyl groups is 1. The summed E-state index contributed by atoms with van der Waals surface area (Å²) in [4.78, 5) is 0. The van der Waals surface area contributed by atoms with Crippen LogP contribution < -0.4 is 0 Å². The molecule has 1 aromatic rings. The van der Waals surface area contributed by atoms with Crippen LogP contribution in [0.4, 0.5) is 4.39 Å². The molecule has 100 valence electrons. The van der Waals surface area contributed by atoms with Crippen molar-refractivity contribution in [3.63, 3.8) is 0 Å². The van der Waals surface area contributed by atoms with Crippen LogP contribution in [0.5, 0.6) is 0 Å². The molecule has 0 bridgehead atoms. The molecule has 1 aliphatic carbocycles. The maximum Gasteiger partial charge on any atom is 0.127 e. The van der Waals surface area contributed by atoms with E-state index >= 15 is 0 Å². The maximum atomic E-state index is 13.8. The van der Waals surface area contributed by atoms with Crippen LogP contribution in [0.15, 0.2) is 18.2 Å². The number of halogens is 2. The van der Waals surface area contributed by atoms with Crippen molar-refractivity contribution in [1.82, 2.24) is 0 Å². The van der Waals surface area contributed by atoms with Crippen LogP contribution in [0, 0.1) is 17.7 Å². The van der Waals surface area contributed by atoms with Gasteiger partial charge in [-0.25, -0.2) is 4.39 Å². The summed E-state index contributed by atoms with van der Waals surface area (Å²) < 4.78 is 13.8. The van der Waals surface area contributed by atoms with Gasteiger partial charge in [0.25, 0.3) is 0 Å². The molecule has 2 rings (SSSR count). The first-order valence-corrected chi connectivity index (χ1v) is 6.92. The molecule has 1 nitrogen and oxygen atoms in total. The molecule has 2 atom stereocenters. The van der Waals surface area contributed by atoms with Crippen molar-refractivity contribution >= 4 is 11.6 Å². The highest BCUT2D eigenvalue weighted by Crippen LogP contribution is 2.38. The van der Waals surface area contributed by atoms with Gasteiger partial charge < -0.3 is 5.11 Å². The smallest absolute Gasteiger partial charge is 0.127 e. The molecule has 1 saturated carbocycles. The molecule has 0 saturated heterocycles. The number of benzene rings is 1. The van der Waals surface area contributed by atoms with Crippen LogP contribution in [0.2, 0.25) is 5.02 Å². The van der Waals surface area contributed by atoms with Crippen molar-refractivity contribution in [1.29, 1.82) is 0 Å². The fourth-order valence-electron chi connectivity index (χ4n) is 3.40. The minimum atomic E-state index is -0.772. The first-order valence-electron chi connectivity index (χ1n) is 6.54. The predicted octanol–water partition coefficient (Wildman–Crippen LogP) is 4.21. The van der Waals surface area contributed by atoms with Gasteiger partial charge in [0.2, 0.25) is 0 Å². The normalized spacial score (nSPS) is 32.5. The molecular weight excluding hydrogens is 251 g/mol. The molecule has 0 amide bonds. The second-order valence-electron chi connectivity index (χ2n) is 5.99. The molecule has 2 unspecified atom stereocenters. The Morgan fingerprint density at radius 1 is 1.33 bits per heavy atom. The van der Waals surface area contributed by atoms with E-state index < -0.39 is 5.60 Å². The van der Waals surface area contributed by atoms with Crippen LogP contribution in [-0.4, -0.2) is 10.7 Å². The summed E-state index contributed by atoms with van der Waals surface area (Å²) in [7, 11) is 0. The summed E-state index contributed by atoms with van der Waals surface area (Å²) in [5, 5.41) is 11.1. The van der Waals surface area contributed by atoms with E-state index in [4.69, 9.17) is 11.6 Å². The molecule has 0 spiro atoms. The van der Waals surface area contributed by atoms with Gasteiger partial charge in [-0.2, -0.15) is 0 Å². The van der Waals surface area contributed by atoms with Gasteiger partial charge in [0.05, 0.1) is 5.60 Å². The fourth-order valence-corrected chi connectivity index (χ4v) is 3.56. The number of rotatable bonds is 2. The van der Waals surface area contributed by atoms with Gasteiger partial charge in [-0.05, 0) is 48.8 Å². The van der Waals surface area contributed by atoms with Crippen LogP contribution in [-0.2, 0) is 6.42 Å². The standard InChI is InChI=1S/C15H20ClFO/c1-10-5-11(2)8-15(18,7-10)9-12-3-4-13(16)6-14(12)17/h3-4,6,10-11,18H,5,7-9H2,1-2H3. The first kappa shape index (κ1) is 13.8. The van der Waals surface area contributed by atoms with Gasteiger partial charge in [-0.3, -0.25) is 0 Å². The average molecular weight is 271 g/mol. The topological polar surface area (TPSA) is 20.2 Å². The van der Waals surface area contributed by atoms with Crippen LogP contribution >= 0.6 is 11.6 Å². The van der Waals surface area contributed by atoms with E-state index in [0.717, 1.165) is 19.3 Å². The summed E-state index contributed by atoms with van der Waals surface area (Å²) in [6.07, 6.45) is 3.02. The summed E-state index contributed by atoms with van der Waals surface area (Å²) in [6, 6.07) is 4.68. The van der Waals surface area contributed by atoms with Gasteiger partial charge in [0.15, 0.2) is 0 Å². The molecule has 18 heavy (non-hydrogen) atoms. The van der Waals surface area contributed by atoms with Gasteiger partial charge >= 0.3 is 0 Å². The van der Waals surface area contributed by atoms with Gasteiger partial charge in [0, 0.05) is 11.4 Å². The zero-order valence-corrected chi connectivity index (χ0v) is 11.7. The lowest BCUT2D eigenvalue weighted by Gasteiger charge is -2.39. The Labute approximate surface area is 113 Å².